The molecule has 29 heavy (non-hydrogen) atoms. The molecule has 1 aliphatic rings. The minimum Gasteiger partial charge on any atom is -0.506 e. The Bertz CT molecular complexity index is 1090. The zero-order valence-electron chi connectivity index (χ0n) is 15.7. The maximum absolute atomic E-state index is 12.5. The van der Waals surface area contributed by atoms with E-state index in [9.17, 15) is 14.7 Å². The van der Waals surface area contributed by atoms with Crippen LogP contribution in [0.25, 0.3) is 10.8 Å². The molecule has 0 aromatic heterocycles. The minimum atomic E-state index is -1.07. The molecular formula is C22H19NO6. The van der Waals surface area contributed by atoms with Crippen LogP contribution in [0.5, 0.6) is 17.2 Å². The van der Waals surface area contributed by atoms with E-state index in [0.717, 1.165) is 5.39 Å². The number of ether oxygens (including phenoxy) is 3. The van der Waals surface area contributed by atoms with E-state index in [2.05, 4.69) is 5.32 Å². The number of phenols is 1. The van der Waals surface area contributed by atoms with E-state index >= 15 is 0 Å². The first kappa shape index (κ1) is 18.6. The van der Waals surface area contributed by atoms with Gasteiger partial charge in [-0.05, 0) is 30.5 Å². The van der Waals surface area contributed by atoms with Gasteiger partial charge < -0.3 is 24.6 Å². The van der Waals surface area contributed by atoms with Crippen LogP contribution in [-0.2, 0) is 9.53 Å². The fraction of sp³-hybridized carbons (Fsp3) is 0.182. The molecule has 0 spiro atoms. The molecule has 1 atom stereocenters. The summed E-state index contributed by atoms with van der Waals surface area (Å²) in [4.78, 5) is 24.9. The Labute approximate surface area is 166 Å². The van der Waals surface area contributed by atoms with Gasteiger partial charge in [0.2, 0.25) is 0 Å². The van der Waals surface area contributed by atoms with Gasteiger partial charge in [-0.15, -0.1) is 0 Å². The number of nitrogens with one attached hydrogen (secondary N) is 1. The molecule has 4 rings (SSSR count). The Kier molecular flexibility index (Phi) is 4.95. The highest BCUT2D eigenvalue weighted by Gasteiger charge is 2.22. The van der Waals surface area contributed by atoms with Gasteiger partial charge in [-0.2, -0.15) is 0 Å². The van der Waals surface area contributed by atoms with E-state index in [4.69, 9.17) is 14.2 Å². The molecule has 0 fully saturated rings. The van der Waals surface area contributed by atoms with E-state index in [1.165, 1.54) is 13.0 Å². The van der Waals surface area contributed by atoms with Crippen LogP contribution in [0.1, 0.15) is 17.3 Å². The first-order valence-electron chi connectivity index (χ1n) is 9.15. The molecule has 0 bridgehead atoms. The highest BCUT2D eigenvalue weighted by Crippen LogP contribution is 2.33. The molecule has 1 heterocycles. The summed E-state index contributed by atoms with van der Waals surface area (Å²) in [5.41, 5.74) is 0.499. The Morgan fingerprint density at radius 1 is 1.03 bits per heavy atom. The summed E-state index contributed by atoms with van der Waals surface area (Å²) in [6.45, 7) is 2.38. The van der Waals surface area contributed by atoms with Gasteiger partial charge in [0.1, 0.15) is 24.5 Å². The van der Waals surface area contributed by atoms with E-state index in [0.29, 0.717) is 35.8 Å². The number of carbonyl (C=O) groups is 2. The summed E-state index contributed by atoms with van der Waals surface area (Å²) in [5.74, 6) is -0.304. The second-order valence-electron chi connectivity index (χ2n) is 6.58. The lowest BCUT2D eigenvalue weighted by Crippen LogP contribution is -2.30. The second-order valence-corrected chi connectivity index (χ2v) is 6.58. The van der Waals surface area contributed by atoms with Crippen LogP contribution in [0.4, 0.5) is 5.69 Å². The first-order valence-corrected chi connectivity index (χ1v) is 9.15. The third-order valence-corrected chi connectivity index (χ3v) is 4.58. The molecule has 0 saturated heterocycles. The van der Waals surface area contributed by atoms with Crippen molar-refractivity contribution in [3.63, 3.8) is 0 Å². The number of fused-ring (bicyclic) bond motifs is 2. The zero-order chi connectivity index (χ0) is 20.4. The molecular weight excluding hydrogens is 374 g/mol. The number of esters is 1. The lowest BCUT2D eigenvalue weighted by atomic mass is 10.1. The van der Waals surface area contributed by atoms with Gasteiger partial charge in [0.15, 0.2) is 17.6 Å². The SMILES string of the molecule is C[C@@H](OC(=O)c1ccc2ccccc2c1O)C(=O)Nc1ccc2c(c1)OCCO2. The minimum absolute atomic E-state index is 0.00248. The molecule has 148 valence electrons. The van der Waals surface area contributed by atoms with E-state index in [-0.39, 0.29) is 11.3 Å². The summed E-state index contributed by atoms with van der Waals surface area (Å²) in [5, 5.41) is 14.4. The van der Waals surface area contributed by atoms with Crippen LogP contribution in [-0.4, -0.2) is 36.3 Å². The molecule has 3 aromatic rings. The van der Waals surface area contributed by atoms with Crippen molar-refractivity contribution in [2.75, 3.05) is 18.5 Å². The Hall–Kier alpha value is -3.74. The molecule has 0 saturated carbocycles. The van der Waals surface area contributed by atoms with Crippen LogP contribution >= 0.6 is 0 Å². The number of aromatic hydroxyl groups is 1. The van der Waals surface area contributed by atoms with Crippen molar-refractivity contribution in [1.82, 2.24) is 0 Å². The summed E-state index contributed by atoms with van der Waals surface area (Å²) < 4.78 is 16.2. The number of hydrogen-bond acceptors (Lipinski definition) is 6. The Morgan fingerprint density at radius 3 is 2.62 bits per heavy atom. The summed E-state index contributed by atoms with van der Waals surface area (Å²) >= 11 is 0. The van der Waals surface area contributed by atoms with Gasteiger partial charge in [-0.1, -0.05) is 30.3 Å². The summed E-state index contributed by atoms with van der Waals surface area (Å²) in [7, 11) is 0. The van der Waals surface area contributed by atoms with Crippen molar-refractivity contribution in [3.05, 3.63) is 60.2 Å². The average molecular weight is 393 g/mol. The van der Waals surface area contributed by atoms with Gasteiger partial charge in [-0.25, -0.2) is 4.79 Å². The van der Waals surface area contributed by atoms with Crippen molar-refractivity contribution in [1.29, 1.82) is 0 Å². The van der Waals surface area contributed by atoms with Crippen molar-refractivity contribution >= 4 is 28.3 Å². The predicted octanol–water partition coefficient (Wildman–Crippen LogP) is 3.50. The molecule has 1 amide bonds. The highest BCUT2D eigenvalue weighted by molar-refractivity contribution is 6.02. The van der Waals surface area contributed by atoms with Crippen LogP contribution in [0.2, 0.25) is 0 Å². The smallest absolute Gasteiger partial charge is 0.342 e. The Balaban J connectivity index is 1.45. The fourth-order valence-corrected chi connectivity index (χ4v) is 3.06. The number of carbonyl (C=O) groups excluding carboxylic acids is 2. The molecule has 1 aliphatic heterocycles. The largest absolute Gasteiger partial charge is 0.506 e. The molecule has 0 aliphatic carbocycles. The first-order chi connectivity index (χ1) is 14.0. The quantitative estimate of drug-likeness (QED) is 0.659. The van der Waals surface area contributed by atoms with Crippen molar-refractivity contribution in [2.24, 2.45) is 0 Å². The van der Waals surface area contributed by atoms with Crippen molar-refractivity contribution < 1.29 is 28.9 Å². The number of amides is 1. The summed E-state index contributed by atoms with van der Waals surface area (Å²) in [6.07, 6.45) is -1.07. The third kappa shape index (κ3) is 3.80. The van der Waals surface area contributed by atoms with Gasteiger partial charge >= 0.3 is 5.97 Å². The number of phenolic OH excluding ortho intramolecular Hbond substituents is 1. The van der Waals surface area contributed by atoms with Crippen molar-refractivity contribution in [2.45, 2.75) is 13.0 Å². The Morgan fingerprint density at radius 2 is 1.79 bits per heavy atom. The number of hydrogen-bond donors (Lipinski definition) is 2. The lowest BCUT2D eigenvalue weighted by molar-refractivity contribution is -0.123. The summed E-state index contributed by atoms with van der Waals surface area (Å²) in [6, 6.07) is 15.4. The standard InChI is InChI=1S/C22H19NO6/c1-13(21(25)23-15-7-9-18-19(12-15)28-11-10-27-18)29-22(26)17-8-6-14-4-2-3-5-16(14)20(17)24/h2-9,12-13,24H,10-11H2,1H3,(H,23,25)/t13-/m1/s1. The second kappa shape index (κ2) is 7.71. The van der Waals surface area contributed by atoms with E-state index in [1.54, 1.807) is 36.4 Å². The topological polar surface area (TPSA) is 94.1 Å². The van der Waals surface area contributed by atoms with Gasteiger partial charge in [-0.3, -0.25) is 4.79 Å². The van der Waals surface area contributed by atoms with Crippen LogP contribution < -0.4 is 14.8 Å². The maximum atomic E-state index is 12.5. The van der Waals surface area contributed by atoms with Gasteiger partial charge in [0.05, 0.1) is 0 Å². The lowest BCUT2D eigenvalue weighted by Gasteiger charge is -2.19. The predicted molar refractivity (Wildman–Crippen MR) is 107 cm³/mol. The molecule has 0 radical (unpaired) electrons. The van der Waals surface area contributed by atoms with Crippen LogP contribution in [0, 0.1) is 0 Å². The third-order valence-electron chi connectivity index (χ3n) is 4.58. The monoisotopic (exact) mass is 393 g/mol. The van der Waals surface area contributed by atoms with Crippen LogP contribution in [0.15, 0.2) is 54.6 Å². The molecule has 2 N–H and O–H groups in total. The van der Waals surface area contributed by atoms with Gasteiger partial charge in [0, 0.05) is 17.1 Å². The fourth-order valence-electron chi connectivity index (χ4n) is 3.06. The molecule has 7 nitrogen and oxygen atoms in total. The molecule has 7 heteroatoms. The van der Waals surface area contributed by atoms with Crippen LogP contribution in [0.3, 0.4) is 0 Å². The zero-order valence-corrected chi connectivity index (χ0v) is 15.7. The average Bonchev–Trinajstić information content (AvgIpc) is 2.74. The molecule has 3 aromatic carbocycles. The number of benzene rings is 3. The van der Waals surface area contributed by atoms with E-state index in [1.807, 2.05) is 12.1 Å². The van der Waals surface area contributed by atoms with E-state index < -0.39 is 18.0 Å². The number of rotatable bonds is 4. The number of anilines is 1. The van der Waals surface area contributed by atoms with Crippen molar-refractivity contribution in [3.8, 4) is 17.2 Å². The maximum Gasteiger partial charge on any atom is 0.342 e. The van der Waals surface area contributed by atoms with Gasteiger partial charge in [0.25, 0.3) is 5.91 Å². The highest BCUT2D eigenvalue weighted by atomic mass is 16.6. The normalized spacial score (nSPS) is 13.6. The molecule has 0 unspecified atom stereocenters.